The average molecular weight is 421 g/mol. The monoisotopic (exact) mass is 421 g/mol. The molecule has 31 heavy (non-hydrogen) atoms. The van der Waals surface area contributed by atoms with Gasteiger partial charge >= 0.3 is 5.97 Å². The highest BCUT2D eigenvalue weighted by Gasteiger charge is 2.14. The standard InChI is InChI=1S/C23H23N3O5/c1-15-5-4-6-20(16(15)2)26-21(27)13-25-22(28)14-31-23(29)18(12-24)11-17-7-9-19(30-3)10-8-17/h4-11H,13-14H2,1-3H3,(H,25,28)(H,26,27)/b18-11+. The fourth-order valence-corrected chi connectivity index (χ4v) is 2.52. The maximum absolute atomic E-state index is 12.1. The SMILES string of the molecule is COc1ccc(/C=C(\C#N)C(=O)OCC(=O)NCC(=O)Nc2cccc(C)c2C)cc1. The molecule has 8 nitrogen and oxygen atoms in total. The third kappa shape index (κ3) is 7.01. The van der Waals surface area contributed by atoms with E-state index in [0.29, 0.717) is 17.0 Å². The molecule has 2 rings (SSSR count). The summed E-state index contributed by atoms with van der Waals surface area (Å²) in [6.45, 7) is 2.92. The Labute approximate surface area is 180 Å². The van der Waals surface area contributed by atoms with E-state index in [4.69, 9.17) is 9.47 Å². The third-order valence-electron chi connectivity index (χ3n) is 4.43. The largest absolute Gasteiger partial charge is 0.497 e. The molecule has 0 bridgehead atoms. The zero-order chi connectivity index (χ0) is 22.8. The fourth-order valence-electron chi connectivity index (χ4n) is 2.52. The van der Waals surface area contributed by atoms with Crippen molar-refractivity contribution in [2.75, 3.05) is 25.6 Å². The number of nitrogens with one attached hydrogen (secondary N) is 2. The molecule has 0 aromatic heterocycles. The van der Waals surface area contributed by atoms with Crippen LogP contribution >= 0.6 is 0 Å². The number of hydrogen-bond donors (Lipinski definition) is 2. The van der Waals surface area contributed by atoms with Crippen molar-refractivity contribution >= 4 is 29.5 Å². The van der Waals surface area contributed by atoms with Gasteiger partial charge < -0.3 is 20.1 Å². The van der Waals surface area contributed by atoms with Crippen molar-refractivity contribution in [1.29, 1.82) is 5.26 Å². The quantitative estimate of drug-likeness (QED) is 0.384. The summed E-state index contributed by atoms with van der Waals surface area (Å²) in [7, 11) is 1.53. The molecule has 0 aliphatic rings. The van der Waals surface area contributed by atoms with Crippen molar-refractivity contribution in [3.8, 4) is 11.8 Å². The number of rotatable bonds is 8. The van der Waals surface area contributed by atoms with Gasteiger partial charge in [0.25, 0.3) is 5.91 Å². The number of amides is 2. The van der Waals surface area contributed by atoms with E-state index in [1.165, 1.54) is 13.2 Å². The fraction of sp³-hybridized carbons (Fsp3) is 0.217. The molecule has 0 heterocycles. The summed E-state index contributed by atoms with van der Waals surface area (Å²) in [4.78, 5) is 36.0. The Kier molecular flexibility index (Phi) is 8.34. The number of ether oxygens (including phenoxy) is 2. The number of methoxy groups -OCH3 is 1. The molecule has 0 radical (unpaired) electrons. The first kappa shape index (κ1) is 23.2. The van der Waals surface area contributed by atoms with E-state index in [1.807, 2.05) is 26.0 Å². The molecule has 2 aromatic rings. The normalized spacial score (nSPS) is 10.6. The molecule has 0 aliphatic heterocycles. The number of esters is 1. The lowest BCUT2D eigenvalue weighted by Gasteiger charge is -2.11. The van der Waals surface area contributed by atoms with Crippen LogP contribution in [0.4, 0.5) is 5.69 Å². The van der Waals surface area contributed by atoms with Gasteiger partial charge in [-0.3, -0.25) is 9.59 Å². The highest BCUT2D eigenvalue weighted by atomic mass is 16.5. The van der Waals surface area contributed by atoms with Gasteiger partial charge in [0.15, 0.2) is 6.61 Å². The minimum absolute atomic E-state index is 0.259. The van der Waals surface area contributed by atoms with E-state index in [0.717, 1.165) is 11.1 Å². The van der Waals surface area contributed by atoms with Gasteiger partial charge in [0.05, 0.1) is 13.7 Å². The van der Waals surface area contributed by atoms with Crippen LogP contribution in [0.5, 0.6) is 5.75 Å². The van der Waals surface area contributed by atoms with Gasteiger partial charge in [-0.15, -0.1) is 0 Å². The zero-order valence-corrected chi connectivity index (χ0v) is 17.5. The van der Waals surface area contributed by atoms with Crippen molar-refractivity contribution in [3.63, 3.8) is 0 Å². The van der Waals surface area contributed by atoms with Crippen molar-refractivity contribution in [2.45, 2.75) is 13.8 Å². The molecule has 2 amide bonds. The van der Waals surface area contributed by atoms with Gasteiger partial charge in [0, 0.05) is 5.69 Å². The second-order valence-corrected chi connectivity index (χ2v) is 6.59. The first-order valence-corrected chi connectivity index (χ1v) is 9.39. The summed E-state index contributed by atoms with van der Waals surface area (Å²) >= 11 is 0. The summed E-state index contributed by atoms with van der Waals surface area (Å²) in [5, 5.41) is 14.3. The predicted molar refractivity (Wildman–Crippen MR) is 115 cm³/mol. The predicted octanol–water partition coefficient (Wildman–Crippen LogP) is 2.52. The van der Waals surface area contributed by atoms with E-state index < -0.39 is 24.4 Å². The van der Waals surface area contributed by atoms with Crippen LogP contribution in [0.2, 0.25) is 0 Å². The highest BCUT2D eigenvalue weighted by molar-refractivity contribution is 5.99. The van der Waals surface area contributed by atoms with Crippen LogP contribution in [0, 0.1) is 25.2 Å². The van der Waals surface area contributed by atoms with Crippen LogP contribution < -0.4 is 15.4 Å². The first-order chi connectivity index (χ1) is 14.8. The lowest BCUT2D eigenvalue weighted by Crippen LogP contribution is -2.35. The molecule has 0 atom stereocenters. The zero-order valence-electron chi connectivity index (χ0n) is 17.5. The lowest BCUT2D eigenvalue weighted by molar-refractivity contribution is -0.144. The van der Waals surface area contributed by atoms with E-state index in [1.54, 1.807) is 36.4 Å². The van der Waals surface area contributed by atoms with Crippen molar-refractivity contribution in [2.24, 2.45) is 0 Å². The Bertz CT molecular complexity index is 1040. The molecule has 160 valence electrons. The van der Waals surface area contributed by atoms with E-state index in [9.17, 15) is 19.6 Å². The Morgan fingerprint density at radius 2 is 1.77 bits per heavy atom. The first-order valence-electron chi connectivity index (χ1n) is 9.39. The number of benzene rings is 2. The van der Waals surface area contributed by atoms with Gasteiger partial charge in [-0.05, 0) is 54.8 Å². The van der Waals surface area contributed by atoms with Gasteiger partial charge in [0.2, 0.25) is 5.91 Å². The molecule has 2 aromatic carbocycles. The van der Waals surface area contributed by atoms with E-state index in [-0.39, 0.29) is 12.1 Å². The lowest BCUT2D eigenvalue weighted by atomic mass is 10.1. The number of aryl methyl sites for hydroxylation is 1. The molecule has 0 saturated heterocycles. The van der Waals surface area contributed by atoms with Crippen LogP contribution in [0.15, 0.2) is 48.0 Å². The summed E-state index contributed by atoms with van der Waals surface area (Å²) in [6, 6.07) is 14.0. The van der Waals surface area contributed by atoms with Gasteiger partial charge in [-0.1, -0.05) is 24.3 Å². The van der Waals surface area contributed by atoms with E-state index >= 15 is 0 Å². The molecular weight excluding hydrogens is 398 g/mol. The Morgan fingerprint density at radius 1 is 1.06 bits per heavy atom. The van der Waals surface area contributed by atoms with Crippen molar-refractivity contribution in [3.05, 3.63) is 64.7 Å². The van der Waals surface area contributed by atoms with Crippen LogP contribution in [0.25, 0.3) is 6.08 Å². The Morgan fingerprint density at radius 3 is 2.42 bits per heavy atom. The molecule has 2 N–H and O–H groups in total. The van der Waals surface area contributed by atoms with Crippen LogP contribution in [0.1, 0.15) is 16.7 Å². The molecule has 0 aliphatic carbocycles. The summed E-state index contributed by atoms with van der Waals surface area (Å²) < 4.78 is 9.91. The van der Waals surface area contributed by atoms with Crippen molar-refractivity contribution < 1.29 is 23.9 Å². The molecule has 0 unspecified atom stereocenters. The van der Waals surface area contributed by atoms with Crippen LogP contribution in [-0.4, -0.2) is 38.0 Å². The number of hydrogen-bond acceptors (Lipinski definition) is 6. The molecule has 8 heteroatoms. The minimum Gasteiger partial charge on any atom is -0.497 e. The molecule has 0 spiro atoms. The molecule has 0 saturated carbocycles. The smallest absolute Gasteiger partial charge is 0.349 e. The highest BCUT2D eigenvalue weighted by Crippen LogP contribution is 2.17. The number of anilines is 1. The number of nitrogens with zero attached hydrogens (tertiary/aromatic N) is 1. The molecular formula is C23H23N3O5. The van der Waals surface area contributed by atoms with Crippen LogP contribution in [0.3, 0.4) is 0 Å². The second kappa shape index (κ2) is 11.2. The summed E-state index contributed by atoms with van der Waals surface area (Å²) in [5.74, 6) is -1.37. The van der Waals surface area contributed by atoms with Gasteiger partial charge in [-0.2, -0.15) is 5.26 Å². The minimum atomic E-state index is -0.937. The van der Waals surface area contributed by atoms with Crippen LogP contribution in [-0.2, 0) is 19.1 Å². The number of carbonyl (C=O) groups is 3. The second-order valence-electron chi connectivity index (χ2n) is 6.59. The van der Waals surface area contributed by atoms with Gasteiger partial charge in [0.1, 0.15) is 17.4 Å². The topological polar surface area (TPSA) is 118 Å². The number of nitriles is 1. The maximum atomic E-state index is 12.1. The third-order valence-corrected chi connectivity index (χ3v) is 4.43. The summed E-state index contributed by atoms with van der Waals surface area (Å²) in [5.41, 5.74) is 2.97. The number of carbonyl (C=O) groups excluding carboxylic acids is 3. The van der Waals surface area contributed by atoms with Gasteiger partial charge in [-0.25, -0.2) is 4.79 Å². The van der Waals surface area contributed by atoms with E-state index in [2.05, 4.69) is 10.6 Å². The average Bonchev–Trinajstić information content (AvgIpc) is 2.77. The Balaban J connectivity index is 1.83. The Hall–Kier alpha value is -4.12. The molecule has 0 fully saturated rings. The summed E-state index contributed by atoms with van der Waals surface area (Å²) in [6.07, 6.45) is 1.34. The maximum Gasteiger partial charge on any atom is 0.349 e. The van der Waals surface area contributed by atoms with Crippen molar-refractivity contribution in [1.82, 2.24) is 5.32 Å².